The standard InChI is InChI=1S/C20H38O4/c1-7-11-13-17(9-3)19(21)23-15(5)16(6)24-20(22)18(10-4)14-12-8-2/h15-18H,7-14H2,1-6H3. The van der Waals surface area contributed by atoms with Gasteiger partial charge in [-0.2, -0.15) is 0 Å². The van der Waals surface area contributed by atoms with Crippen LogP contribution < -0.4 is 0 Å². The molecule has 0 saturated carbocycles. The minimum atomic E-state index is -0.416. The van der Waals surface area contributed by atoms with Crippen molar-refractivity contribution in [3.8, 4) is 0 Å². The normalized spacial score (nSPS) is 16.1. The molecule has 4 heteroatoms. The van der Waals surface area contributed by atoms with E-state index in [4.69, 9.17) is 9.47 Å². The summed E-state index contributed by atoms with van der Waals surface area (Å²) < 4.78 is 11.1. The summed E-state index contributed by atoms with van der Waals surface area (Å²) in [6.45, 7) is 11.9. The van der Waals surface area contributed by atoms with Crippen LogP contribution in [0.15, 0.2) is 0 Å². The first kappa shape index (κ1) is 22.9. The van der Waals surface area contributed by atoms with Crippen LogP contribution >= 0.6 is 0 Å². The molecule has 0 aromatic rings. The van der Waals surface area contributed by atoms with Crippen LogP contribution in [0.3, 0.4) is 0 Å². The number of hydrogen-bond acceptors (Lipinski definition) is 4. The molecule has 0 aliphatic carbocycles. The summed E-state index contributed by atoms with van der Waals surface area (Å²) in [5.41, 5.74) is 0. The second kappa shape index (κ2) is 13.3. The van der Waals surface area contributed by atoms with E-state index in [-0.39, 0.29) is 23.8 Å². The average Bonchev–Trinajstić information content (AvgIpc) is 2.56. The van der Waals surface area contributed by atoms with Crippen LogP contribution in [0.2, 0.25) is 0 Å². The zero-order valence-corrected chi connectivity index (χ0v) is 16.6. The summed E-state index contributed by atoms with van der Waals surface area (Å²) >= 11 is 0. The molecule has 0 radical (unpaired) electrons. The third-order valence-electron chi connectivity index (χ3n) is 4.73. The molecular weight excluding hydrogens is 304 g/mol. The van der Waals surface area contributed by atoms with Crippen LogP contribution in [0, 0.1) is 11.8 Å². The van der Waals surface area contributed by atoms with Crippen LogP contribution in [0.25, 0.3) is 0 Å². The smallest absolute Gasteiger partial charge is 0.309 e. The molecule has 4 unspecified atom stereocenters. The molecule has 0 aromatic carbocycles. The predicted octanol–water partition coefficient (Wildman–Crippen LogP) is 5.28. The Kier molecular flexibility index (Phi) is 12.7. The topological polar surface area (TPSA) is 52.6 Å². The molecule has 0 rings (SSSR count). The first-order valence-electron chi connectivity index (χ1n) is 9.81. The van der Waals surface area contributed by atoms with Gasteiger partial charge in [0.15, 0.2) is 0 Å². The maximum absolute atomic E-state index is 12.2. The Labute approximate surface area is 148 Å². The molecule has 0 bridgehead atoms. The van der Waals surface area contributed by atoms with Crippen molar-refractivity contribution in [2.45, 2.75) is 105 Å². The molecule has 24 heavy (non-hydrogen) atoms. The Balaban J connectivity index is 4.45. The van der Waals surface area contributed by atoms with E-state index in [0.717, 1.165) is 51.4 Å². The Hall–Kier alpha value is -1.06. The Bertz CT molecular complexity index is 320. The number of unbranched alkanes of at least 4 members (excludes halogenated alkanes) is 2. The summed E-state index contributed by atoms with van der Waals surface area (Å²) in [5, 5.41) is 0. The lowest BCUT2D eigenvalue weighted by atomic mass is 9.99. The van der Waals surface area contributed by atoms with Crippen molar-refractivity contribution >= 4 is 11.9 Å². The van der Waals surface area contributed by atoms with Crippen molar-refractivity contribution in [3.05, 3.63) is 0 Å². The van der Waals surface area contributed by atoms with E-state index in [1.165, 1.54) is 0 Å². The van der Waals surface area contributed by atoms with E-state index in [2.05, 4.69) is 13.8 Å². The van der Waals surface area contributed by atoms with Gasteiger partial charge in [-0.15, -0.1) is 0 Å². The number of carbonyl (C=O) groups excluding carboxylic acids is 2. The minimum absolute atomic E-state index is 0.0525. The summed E-state index contributed by atoms with van der Waals surface area (Å²) in [6, 6.07) is 0. The fourth-order valence-corrected chi connectivity index (χ4v) is 2.63. The Morgan fingerprint density at radius 3 is 1.29 bits per heavy atom. The first-order valence-corrected chi connectivity index (χ1v) is 9.81. The number of hydrogen-bond donors (Lipinski definition) is 0. The molecule has 0 heterocycles. The maximum atomic E-state index is 12.2. The lowest BCUT2D eigenvalue weighted by molar-refractivity contribution is -0.171. The molecule has 0 saturated heterocycles. The molecule has 0 aliphatic heterocycles. The van der Waals surface area contributed by atoms with Gasteiger partial charge in [-0.1, -0.05) is 53.4 Å². The second-order valence-electron chi connectivity index (χ2n) is 6.78. The summed E-state index contributed by atoms with van der Waals surface area (Å²) in [5.74, 6) is -0.440. The molecule has 4 nitrogen and oxygen atoms in total. The molecule has 0 fully saturated rings. The SMILES string of the molecule is CCCCC(CC)C(=O)OC(C)C(C)OC(=O)C(CC)CCCC. The van der Waals surface area contributed by atoms with Crippen LogP contribution in [0.1, 0.15) is 92.9 Å². The van der Waals surface area contributed by atoms with Gasteiger partial charge in [0, 0.05) is 0 Å². The molecule has 0 spiro atoms. The molecule has 142 valence electrons. The lowest BCUT2D eigenvalue weighted by Gasteiger charge is -2.25. The third kappa shape index (κ3) is 8.70. The third-order valence-corrected chi connectivity index (χ3v) is 4.73. The van der Waals surface area contributed by atoms with E-state index in [1.54, 1.807) is 13.8 Å². The fourth-order valence-electron chi connectivity index (χ4n) is 2.63. The average molecular weight is 343 g/mol. The molecule has 0 aromatic heterocycles. The van der Waals surface area contributed by atoms with E-state index in [9.17, 15) is 9.59 Å². The van der Waals surface area contributed by atoms with Crippen molar-refractivity contribution in [2.75, 3.05) is 0 Å². The maximum Gasteiger partial charge on any atom is 0.309 e. The van der Waals surface area contributed by atoms with Crippen molar-refractivity contribution in [1.29, 1.82) is 0 Å². The number of esters is 2. The first-order chi connectivity index (χ1) is 11.4. The highest BCUT2D eigenvalue weighted by molar-refractivity contribution is 5.73. The highest BCUT2D eigenvalue weighted by Gasteiger charge is 2.26. The monoisotopic (exact) mass is 342 g/mol. The predicted molar refractivity (Wildman–Crippen MR) is 97.7 cm³/mol. The van der Waals surface area contributed by atoms with Crippen molar-refractivity contribution in [1.82, 2.24) is 0 Å². The minimum Gasteiger partial charge on any atom is -0.459 e. The van der Waals surface area contributed by atoms with Crippen LogP contribution in [0.5, 0.6) is 0 Å². The van der Waals surface area contributed by atoms with Gasteiger partial charge in [0.1, 0.15) is 12.2 Å². The number of rotatable bonds is 13. The second-order valence-corrected chi connectivity index (χ2v) is 6.78. The largest absolute Gasteiger partial charge is 0.459 e. The van der Waals surface area contributed by atoms with E-state index in [1.807, 2.05) is 13.8 Å². The van der Waals surface area contributed by atoms with Crippen molar-refractivity contribution < 1.29 is 19.1 Å². The summed E-state index contributed by atoms with van der Waals surface area (Å²) in [7, 11) is 0. The van der Waals surface area contributed by atoms with Gasteiger partial charge in [0.05, 0.1) is 11.8 Å². The summed E-state index contributed by atoms with van der Waals surface area (Å²) in [6.07, 6.45) is 6.67. The number of ether oxygens (including phenoxy) is 2. The van der Waals surface area contributed by atoms with Crippen LogP contribution in [0.4, 0.5) is 0 Å². The molecule has 0 aliphatic rings. The van der Waals surface area contributed by atoms with Gasteiger partial charge < -0.3 is 9.47 Å². The van der Waals surface area contributed by atoms with Gasteiger partial charge >= 0.3 is 11.9 Å². The zero-order valence-electron chi connectivity index (χ0n) is 16.6. The number of carbonyl (C=O) groups is 2. The van der Waals surface area contributed by atoms with E-state index in [0.29, 0.717) is 0 Å². The van der Waals surface area contributed by atoms with Gasteiger partial charge in [0.25, 0.3) is 0 Å². The quantitative estimate of drug-likeness (QED) is 0.427. The lowest BCUT2D eigenvalue weighted by Crippen LogP contribution is -2.34. The van der Waals surface area contributed by atoms with Gasteiger partial charge in [0.2, 0.25) is 0 Å². The molecule has 0 amide bonds. The molecule has 0 N–H and O–H groups in total. The Morgan fingerprint density at radius 1 is 0.708 bits per heavy atom. The van der Waals surface area contributed by atoms with Gasteiger partial charge in [-0.05, 0) is 39.5 Å². The van der Waals surface area contributed by atoms with Crippen molar-refractivity contribution in [2.24, 2.45) is 11.8 Å². The van der Waals surface area contributed by atoms with Gasteiger partial charge in [-0.25, -0.2) is 0 Å². The Morgan fingerprint density at radius 2 is 1.04 bits per heavy atom. The van der Waals surface area contributed by atoms with Crippen LogP contribution in [-0.4, -0.2) is 24.1 Å². The van der Waals surface area contributed by atoms with Crippen molar-refractivity contribution in [3.63, 3.8) is 0 Å². The summed E-state index contributed by atoms with van der Waals surface area (Å²) in [4.78, 5) is 24.5. The van der Waals surface area contributed by atoms with Gasteiger partial charge in [-0.3, -0.25) is 9.59 Å². The fraction of sp³-hybridized carbons (Fsp3) is 0.900. The van der Waals surface area contributed by atoms with E-state index >= 15 is 0 Å². The van der Waals surface area contributed by atoms with E-state index < -0.39 is 12.2 Å². The molecule has 4 atom stereocenters. The highest BCUT2D eigenvalue weighted by atomic mass is 16.6. The zero-order chi connectivity index (χ0) is 18.5. The van der Waals surface area contributed by atoms with Crippen LogP contribution in [-0.2, 0) is 19.1 Å². The highest BCUT2D eigenvalue weighted by Crippen LogP contribution is 2.19. The molecular formula is C20H38O4.